The van der Waals surface area contributed by atoms with Gasteiger partial charge >= 0.3 is 5.97 Å². The standard InChI is InChI=1S/C18H23ClO5/c1-4-6-11(3)24-18(23)17-12(8-15(21)10-16(17)22)7-14(20)9-13(19)5-2/h4,8,10-11,13,21-22H,1,5-7,9H2,2-3H3/t11-,13?/m1/s1. The minimum absolute atomic E-state index is 0.111. The smallest absolute Gasteiger partial charge is 0.342 e. The lowest BCUT2D eigenvalue weighted by Gasteiger charge is -2.15. The van der Waals surface area contributed by atoms with E-state index in [1.807, 2.05) is 6.92 Å². The van der Waals surface area contributed by atoms with Gasteiger partial charge in [-0.25, -0.2) is 4.79 Å². The van der Waals surface area contributed by atoms with Crippen molar-refractivity contribution in [1.82, 2.24) is 0 Å². The quantitative estimate of drug-likeness (QED) is 0.401. The van der Waals surface area contributed by atoms with Gasteiger partial charge in [0.2, 0.25) is 0 Å². The minimum Gasteiger partial charge on any atom is -0.508 e. The average Bonchev–Trinajstić information content (AvgIpc) is 2.45. The van der Waals surface area contributed by atoms with Crippen LogP contribution < -0.4 is 0 Å². The van der Waals surface area contributed by atoms with Crippen LogP contribution in [0.3, 0.4) is 0 Å². The molecular weight excluding hydrogens is 332 g/mol. The van der Waals surface area contributed by atoms with Crippen molar-refractivity contribution in [2.75, 3.05) is 0 Å². The molecule has 0 aliphatic rings. The van der Waals surface area contributed by atoms with Crippen LogP contribution in [0.2, 0.25) is 0 Å². The number of rotatable bonds is 9. The third-order valence-corrected chi connectivity index (χ3v) is 3.94. The summed E-state index contributed by atoms with van der Waals surface area (Å²) in [7, 11) is 0. The van der Waals surface area contributed by atoms with Gasteiger partial charge in [0.05, 0.1) is 0 Å². The predicted molar refractivity (Wildman–Crippen MR) is 92.7 cm³/mol. The molecule has 6 heteroatoms. The van der Waals surface area contributed by atoms with Crippen molar-refractivity contribution in [2.24, 2.45) is 0 Å². The molecule has 0 heterocycles. The Bertz CT molecular complexity index is 612. The zero-order valence-corrected chi connectivity index (χ0v) is 14.7. The van der Waals surface area contributed by atoms with Crippen molar-refractivity contribution in [3.05, 3.63) is 35.9 Å². The number of carbonyl (C=O) groups is 2. The molecule has 1 rings (SSSR count). The molecule has 0 saturated heterocycles. The lowest BCUT2D eigenvalue weighted by molar-refractivity contribution is -0.118. The maximum Gasteiger partial charge on any atom is 0.342 e. The van der Waals surface area contributed by atoms with Crippen LogP contribution >= 0.6 is 11.6 Å². The molecule has 0 saturated carbocycles. The van der Waals surface area contributed by atoms with Gasteiger partial charge in [-0.1, -0.05) is 13.0 Å². The van der Waals surface area contributed by atoms with Gasteiger partial charge in [0.1, 0.15) is 28.9 Å². The molecule has 0 aromatic heterocycles. The highest BCUT2D eigenvalue weighted by atomic mass is 35.5. The van der Waals surface area contributed by atoms with Gasteiger partial charge in [-0.2, -0.15) is 0 Å². The number of ketones is 1. The highest BCUT2D eigenvalue weighted by molar-refractivity contribution is 6.21. The highest BCUT2D eigenvalue weighted by Crippen LogP contribution is 2.29. The summed E-state index contributed by atoms with van der Waals surface area (Å²) in [4.78, 5) is 24.4. The van der Waals surface area contributed by atoms with Gasteiger partial charge in [-0.05, 0) is 25.0 Å². The fourth-order valence-corrected chi connectivity index (χ4v) is 2.42. The van der Waals surface area contributed by atoms with Crippen LogP contribution in [0.4, 0.5) is 0 Å². The van der Waals surface area contributed by atoms with Gasteiger partial charge < -0.3 is 14.9 Å². The van der Waals surface area contributed by atoms with E-state index in [4.69, 9.17) is 16.3 Å². The van der Waals surface area contributed by atoms with Crippen LogP contribution in [0.25, 0.3) is 0 Å². The Morgan fingerprint density at radius 3 is 2.62 bits per heavy atom. The molecule has 0 radical (unpaired) electrons. The van der Waals surface area contributed by atoms with Crippen LogP contribution in [0, 0.1) is 0 Å². The third kappa shape index (κ3) is 5.89. The number of carbonyl (C=O) groups excluding carboxylic acids is 2. The molecule has 0 bridgehead atoms. The number of aromatic hydroxyl groups is 2. The number of hydrogen-bond acceptors (Lipinski definition) is 5. The number of phenolic OH excluding ortho intramolecular Hbond substituents is 2. The Morgan fingerprint density at radius 2 is 2.04 bits per heavy atom. The van der Waals surface area contributed by atoms with E-state index in [1.165, 1.54) is 6.07 Å². The van der Waals surface area contributed by atoms with Crippen molar-refractivity contribution < 1.29 is 24.5 Å². The number of Topliss-reactive ketones (excluding diaryl/α,β-unsaturated/α-hetero) is 1. The molecule has 132 valence electrons. The van der Waals surface area contributed by atoms with Crippen molar-refractivity contribution in [3.63, 3.8) is 0 Å². The molecule has 5 nitrogen and oxygen atoms in total. The van der Waals surface area contributed by atoms with Gasteiger partial charge in [-0.15, -0.1) is 18.2 Å². The van der Waals surface area contributed by atoms with Crippen LogP contribution in [0.5, 0.6) is 11.5 Å². The summed E-state index contributed by atoms with van der Waals surface area (Å²) < 4.78 is 5.23. The van der Waals surface area contributed by atoms with E-state index >= 15 is 0 Å². The van der Waals surface area contributed by atoms with Crippen molar-refractivity contribution in [1.29, 1.82) is 0 Å². The number of esters is 1. The van der Waals surface area contributed by atoms with Crippen molar-refractivity contribution in [2.45, 2.75) is 51.0 Å². The first-order valence-electron chi connectivity index (χ1n) is 7.80. The minimum atomic E-state index is -0.748. The molecule has 2 N–H and O–H groups in total. The summed E-state index contributed by atoms with van der Waals surface area (Å²) in [6, 6.07) is 2.32. The fraction of sp³-hybridized carbons (Fsp3) is 0.444. The van der Waals surface area contributed by atoms with E-state index in [1.54, 1.807) is 13.0 Å². The van der Waals surface area contributed by atoms with Gasteiger partial charge in [-0.3, -0.25) is 4.79 Å². The predicted octanol–water partition coefficient (Wildman–Crippen LogP) is 3.74. The normalized spacial score (nSPS) is 13.1. The first kappa shape index (κ1) is 20.0. The van der Waals surface area contributed by atoms with Crippen LogP contribution in [0.1, 0.15) is 49.0 Å². The van der Waals surface area contributed by atoms with Gasteiger partial charge in [0.25, 0.3) is 0 Å². The Kier molecular flexibility index (Phi) is 7.79. The molecule has 0 aliphatic carbocycles. The highest BCUT2D eigenvalue weighted by Gasteiger charge is 2.23. The first-order chi connectivity index (χ1) is 11.3. The third-order valence-electron chi connectivity index (χ3n) is 3.47. The molecule has 1 aromatic carbocycles. The molecule has 0 spiro atoms. The van der Waals surface area contributed by atoms with Gasteiger partial charge in [0, 0.05) is 30.7 Å². The Morgan fingerprint density at radius 1 is 1.38 bits per heavy atom. The molecule has 1 unspecified atom stereocenters. The molecule has 0 aliphatic heterocycles. The summed E-state index contributed by atoms with van der Waals surface area (Å²) in [5.41, 5.74) is 0.105. The largest absolute Gasteiger partial charge is 0.508 e. The van der Waals surface area contributed by atoms with E-state index in [0.29, 0.717) is 12.8 Å². The summed E-state index contributed by atoms with van der Waals surface area (Å²) in [5.74, 6) is -1.59. The second-order valence-electron chi connectivity index (χ2n) is 5.66. The second kappa shape index (κ2) is 9.33. The number of ether oxygens (including phenoxy) is 1. The Labute approximate surface area is 146 Å². The monoisotopic (exact) mass is 354 g/mol. The Balaban J connectivity index is 3.04. The number of hydrogen-bond donors (Lipinski definition) is 2. The second-order valence-corrected chi connectivity index (χ2v) is 6.28. The zero-order valence-electron chi connectivity index (χ0n) is 13.9. The first-order valence-corrected chi connectivity index (χ1v) is 8.24. The molecular formula is C18H23ClO5. The molecule has 0 amide bonds. The maximum absolute atomic E-state index is 12.3. The van der Waals surface area contributed by atoms with Crippen LogP contribution in [-0.4, -0.2) is 33.4 Å². The van der Waals surface area contributed by atoms with E-state index in [-0.39, 0.29) is 40.9 Å². The summed E-state index contributed by atoms with van der Waals surface area (Å²) in [6.07, 6.45) is 2.33. The lowest BCUT2D eigenvalue weighted by Crippen LogP contribution is -2.18. The SMILES string of the molecule is C=CC[C@@H](C)OC(=O)c1c(O)cc(O)cc1CC(=O)CC(Cl)CC. The number of phenols is 2. The van der Waals surface area contributed by atoms with Gasteiger partial charge in [0.15, 0.2) is 0 Å². The molecule has 0 fully saturated rings. The molecule has 1 aromatic rings. The number of alkyl halides is 1. The maximum atomic E-state index is 12.3. The average molecular weight is 355 g/mol. The molecule has 2 atom stereocenters. The summed E-state index contributed by atoms with van der Waals surface area (Å²) in [6.45, 7) is 7.14. The zero-order chi connectivity index (χ0) is 18.3. The number of halogens is 1. The van der Waals surface area contributed by atoms with Crippen molar-refractivity contribution in [3.8, 4) is 11.5 Å². The van der Waals surface area contributed by atoms with Crippen LogP contribution in [0.15, 0.2) is 24.8 Å². The molecule has 24 heavy (non-hydrogen) atoms. The van der Waals surface area contributed by atoms with E-state index in [9.17, 15) is 19.8 Å². The van der Waals surface area contributed by atoms with Crippen LogP contribution in [-0.2, 0) is 16.0 Å². The summed E-state index contributed by atoms with van der Waals surface area (Å²) in [5, 5.41) is 19.4. The van der Waals surface area contributed by atoms with E-state index in [0.717, 1.165) is 6.07 Å². The van der Waals surface area contributed by atoms with Crippen molar-refractivity contribution >= 4 is 23.4 Å². The Hall–Kier alpha value is -2.01. The van der Waals surface area contributed by atoms with E-state index in [2.05, 4.69) is 6.58 Å². The lowest BCUT2D eigenvalue weighted by atomic mass is 9.98. The summed E-state index contributed by atoms with van der Waals surface area (Å²) >= 11 is 5.97. The number of benzene rings is 1. The van der Waals surface area contributed by atoms with E-state index < -0.39 is 17.8 Å². The topological polar surface area (TPSA) is 83.8 Å². The fourth-order valence-electron chi connectivity index (χ4n) is 2.24.